The summed E-state index contributed by atoms with van der Waals surface area (Å²) in [5.41, 5.74) is -0.881. The standard InChI is InChI=1S/C13H16ClF3N2O/c1-8(2)18-6-5-12(20)19-9-3-4-11(14)10(7-9)13(15,16)17/h3-4,7-8,18H,5-6H2,1-2H3,(H,19,20). The van der Waals surface area contributed by atoms with Crippen molar-refractivity contribution in [3.63, 3.8) is 0 Å². The van der Waals surface area contributed by atoms with Crippen LogP contribution in [0.4, 0.5) is 18.9 Å². The van der Waals surface area contributed by atoms with Gasteiger partial charge in [-0.05, 0) is 18.2 Å². The van der Waals surface area contributed by atoms with Crippen LogP contribution in [0.3, 0.4) is 0 Å². The minimum Gasteiger partial charge on any atom is -0.326 e. The zero-order valence-electron chi connectivity index (χ0n) is 11.1. The number of carbonyl (C=O) groups excluding carboxylic acids is 1. The number of rotatable bonds is 5. The van der Waals surface area contributed by atoms with Crippen LogP contribution in [0.25, 0.3) is 0 Å². The molecular formula is C13H16ClF3N2O. The first-order valence-electron chi connectivity index (χ1n) is 6.10. The summed E-state index contributed by atoms with van der Waals surface area (Å²) in [7, 11) is 0. The predicted molar refractivity (Wildman–Crippen MR) is 72.8 cm³/mol. The van der Waals surface area contributed by atoms with Crippen molar-refractivity contribution in [2.75, 3.05) is 11.9 Å². The van der Waals surface area contributed by atoms with E-state index in [1.807, 2.05) is 13.8 Å². The van der Waals surface area contributed by atoms with Crippen LogP contribution in [0.15, 0.2) is 18.2 Å². The maximum Gasteiger partial charge on any atom is 0.417 e. The van der Waals surface area contributed by atoms with E-state index in [2.05, 4.69) is 10.6 Å². The van der Waals surface area contributed by atoms with Gasteiger partial charge in [0.05, 0.1) is 10.6 Å². The Kier molecular flexibility index (Phi) is 5.83. The molecule has 112 valence electrons. The van der Waals surface area contributed by atoms with E-state index < -0.39 is 16.8 Å². The van der Waals surface area contributed by atoms with Crippen molar-refractivity contribution < 1.29 is 18.0 Å². The van der Waals surface area contributed by atoms with Crippen molar-refractivity contribution in [1.82, 2.24) is 5.32 Å². The Morgan fingerprint density at radius 1 is 1.35 bits per heavy atom. The number of hydrogen-bond donors (Lipinski definition) is 2. The fraction of sp³-hybridized carbons (Fsp3) is 0.462. The van der Waals surface area contributed by atoms with Crippen molar-refractivity contribution in [2.24, 2.45) is 0 Å². The predicted octanol–water partition coefficient (Wildman–Crippen LogP) is 3.69. The number of benzene rings is 1. The Morgan fingerprint density at radius 3 is 2.55 bits per heavy atom. The quantitative estimate of drug-likeness (QED) is 0.871. The molecule has 0 unspecified atom stereocenters. The third-order valence-electron chi connectivity index (χ3n) is 2.46. The molecule has 0 aliphatic heterocycles. The summed E-state index contributed by atoms with van der Waals surface area (Å²) in [6, 6.07) is 3.53. The average Bonchev–Trinajstić information content (AvgIpc) is 2.29. The molecule has 1 rings (SSSR count). The molecule has 0 saturated heterocycles. The Labute approximate surface area is 120 Å². The molecule has 0 atom stereocenters. The number of hydrogen-bond acceptors (Lipinski definition) is 2. The number of halogens is 4. The molecule has 20 heavy (non-hydrogen) atoms. The Bertz CT molecular complexity index is 475. The molecule has 3 nitrogen and oxygen atoms in total. The van der Waals surface area contributed by atoms with Crippen molar-refractivity contribution in [3.8, 4) is 0 Å². The number of anilines is 1. The number of alkyl halides is 3. The smallest absolute Gasteiger partial charge is 0.326 e. The fourth-order valence-corrected chi connectivity index (χ4v) is 1.74. The summed E-state index contributed by atoms with van der Waals surface area (Å²) in [4.78, 5) is 11.6. The van der Waals surface area contributed by atoms with E-state index >= 15 is 0 Å². The highest BCUT2D eigenvalue weighted by atomic mass is 35.5. The summed E-state index contributed by atoms with van der Waals surface area (Å²) in [5, 5.41) is 5.07. The molecule has 0 bridgehead atoms. The first kappa shape index (κ1) is 16.8. The SMILES string of the molecule is CC(C)NCCC(=O)Nc1ccc(Cl)c(C(F)(F)F)c1. The third kappa shape index (κ3) is 5.38. The molecule has 1 aromatic carbocycles. The van der Waals surface area contributed by atoms with Crippen LogP contribution >= 0.6 is 11.6 Å². The lowest BCUT2D eigenvalue weighted by Crippen LogP contribution is -2.27. The van der Waals surface area contributed by atoms with Crippen LogP contribution in [-0.2, 0) is 11.0 Å². The molecule has 0 heterocycles. The van der Waals surface area contributed by atoms with Gasteiger partial charge in [0.2, 0.25) is 5.91 Å². The lowest BCUT2D eigenvalue weighted by atomic mass is 10.2. The fourth-order valence-electron chi connectivity index (χ4n) is 1.52. The van der Waals surface area contributed by atoms with Gasteiger partial charge in [0, 0.05) is 24.7 Å². The lowest BCUT2D eigenvalue weighted by Gasteiger charge is -2.12. The van der Waals surface area contributed by atoms with E-state index in [1.165, 1.54) is 6.07 Å². The summed E-state index contributed by atoms with van der Waals surface area (Å²) in [6.45, 7) is 4.34. The van der Waals surface area contributed by atoms with Crippen molar-refractivity contribution in [2.45, 2.75) is 32.5 Å². The third-order valence-corrected chi connectivity index (χ3v) is 2.79. The average molecular weight is 309 g/mol. The molecule has 0 spiro atoms. The highest BCUT2D eigenvalue weighted by Gasteiger charge is 2.33. The second-order valence-corrected chi connectivity index (χ2v) is 5.01. The highest BCUT2D eigenvalue weighted by Crippen LogP contribution is 2.36. The first-order chi connectivity index (χ1) is 9.20. The number of nitrogens with one attached hydrogen (secondary N) is 2. The maximum atomic E-state index is 12.7. The normalized spacial score (nSPS) is 11.8. The van der Waals surface area contributed by atoms with Crippen LogP contribution < -0.4 is 10.6 Å². The summed E-state index contributed by atoms with van der Waals surface area (Å²) < 4.78 is 38.0. The molecule has 0 saturated carbocycles. The summed E-state index contributed by atoms with van der Waals surface area (Å²) in [6.07, 6.45) is -4.36. The van der Waals surface area contributed by atoms with Crippen molar-refractivity contribution in [1.29, 1.82) is 0 Å². The molecule has 2 N–H and O–H groups in total. The number of amides is 1. The van der Waals surface area contributed by atoms with Crippen molar-refractivity contribution in [3.05, 3.63) is 28.8 Å². The molecule has 0 fully saturated rings. The molecule has 1 amide bonds. The lowest BCUT2D eigenvalue weighted by molar-refractivity contribution is -0.137. The first-order valence-corrected chi connectivity index (χ1v) is 6.48. The largest absolute Gasteiger partial charge is 0.417 e. The molecule has 0 aliphatic carbocycles. The topological polar surface area (TPSA) is 41.1 Å². The van der Waals surface area contributed by atoms with Gasteiger partial charge in [0.15, 0.2) is 0 Å². The molecule has 0 aromatic heterocycles. The van der Waals surface area contributed by atoms with E-state index in [0.717, 1.165) is 12.1 Å². The van der Waals surface area contributed by atoms with Crippen LogP contribution in [-0.4, -0.2) is 18.5 Å². The molecule has 0 aliphatic rings. The van der Waals surface area contributed by atoms with Gasteiger partial charge < -0.3 is 10.6 Å². The van der Waals surface area contributed by atoms with E-state index in [4.69, 9.17) is 11.6 Å². The second kappa shape index (κ2) is 6.95. The zero-order valence-corrected chi connectivity index (χ0v) is 11.9. The molecule has 1 aromatic rings. The minimum absolute atomic E-state index is 0.0799. The molecular weight excluding hydrogens is 293 g/mol. The van der Waals surface area contributed by atoms with Crippen LogP contribution in [0.1, 0.15) is 25.8 Å². The summed E-state index contributed by atoms with van der Waals surface area (Å²) >= 11 is 5.49. The Morgan fingerprint density at radius 2 is 2.00 bits per heavy atom. The number of carbonyl (C=O) groups is 1. The minimum atomic E-state index is -4.54. The zero-order chi connectivity index (χ0) is 15.3. The monoisotopic (exact) mass is 308 g/mol. The van der Waals surface area contributed by atoms with E-state index in [1.54, 1.807) is 0 Å². The van der Waals surface area contributed by atoms with Gasteiger partial charge in [-0.1, -0.05) is 25.4 Å². The van der Waals surface area contributed by atoms with Gasteiger partial charge >= 0.3 is 6.18 Å². The van der Waals surface area contributed by atoms with E-state index in [9.17, 15) is 18.0 Å². The Balaban J connectivity index is 2.67. The molecule has 7 heteroatoms. The van der Waals surface area contributed by atoms with Gasteiger partial charge in [-0.3, -0.25) is 4.79 Å². The Hall–Kier alpha value is -1.27. The maximum absolute atomic E-state index is 12.7. The molecule has 0 radical (unpaired) electrons. The van der Waals surface area contributed by atoms with Gasteiger partial charge in [0.1, 0.15) is 0 Å². The van der Waals surface area contributed by atoms with Crippen LogP contribution in [0.2, 0.25) is 5.02 Å². The van der Waals surface area contributed by atoms with Gasteiger partial charge in [-0.15, -0.1) is 0 Å². The van der Waals surface area contributed by atoms with Gasteiger partial charge in [0.25, 0.3) is 0 Å². The second-order valence-electron chi connectivity index (χ2n) is 4.60. The van der Waals surface area contributed by atoms with Crippen molar-refractivity contribution >= 4 is 23.2 Å². The van der Waals surface area contributed by atoms with Gasteiger partial charge in [-0.25, -0.2) is 0 Å². The van der Waals surface area contributed by atoms with E-state index in [-0.39, 0.29) is 24.1 Å². The highest BCUT2D eigenvalue weighted by molar-refractivity contribution is 6.31. The van der Waals surface area contributed by atoms with E-state index in [0.29, 0.717) is 6.54 Å². The van der Waals surface area contributed by atoms with Crippen LogP contribution in [0.5, 0.6) is 0 Å². The van der Waals surface area contributed by atoms with Crippen LogP contribution in [0, 0.1) is 0 Å². The summed E-state index contributed by atoms with van der Waals surface area (Å²) in [5.74, 6) is -0.353. The van der Waals surface area contributed by atoms with Gasteiger partial charge in [-0.2, -0.15) is 13.2 Å².